The Balaban J connectivity index is 1.56. The lowest BCUT2D eigenvalue weighted by Gasteiger charge is -2.33. The fourth-order valence-electron chi connectivity index (χ4n) is 3.71. The summed E-state index contributed by atoms with van der Waals surface area (Å²) in [5.41, 5.74) is 2.29. The van der Waals surface area contributed by atoms with Crippen molar-refractivity contribution >= 4 is 17.9 Å². The maximum absolute atomic E-state index is 12.4. The van der Waals surface area contributed by atoms with E-state index in [2.05, 4.69) is 32.0 Å². The van der Waals surface area contributed by atoms with Crippen LogP contribution in [0.1, 0.15) is 33.3 Å². The van der Waals surface area contributed by atoms with Crippen LogP contribution in [-0.2, 0) is 16.1 Å². The van der Waals surface area contributed by atoms with Crippen LogP contribution in [0.5, 0.6) is 0 Å². The van der Waals surface area contributed by atoms with Crippen LogP contribution in [0, 0.1) is 0 Å². The topological polar surface area (TPSA) is 90.9 Å². The first kappa shape index (κ1) is 25.4. The van der Waals surface area contributed by atoms with Gasteiger partial charge in [0.25, 0.3) is 0 Å². The molecule has 9 heteroatoms. The van der Waals surface area contributed by atoms with Crippen LogP contribution in [0.25, 0.3) is 11.1 Å². The Morgan fingerprint density at radius 1 is 1.09 bits per heavy atom. The van der Waals surface area contributed by atoms with Crippen molar-refractivity contribution in [2.45, 2.75) is 39.8 Å². The second-order valence-corrected chi connectivity index (χ2v) is 9.50. The highest BCUT2D eigenvalue weighted by molar-refractivity contribution is 5.82. The van der Waals surface area contributed by atoms with Gasteiger partial charge in [0.15, 0.2) is 0 Å². The summed E-state index contributed by atoms with van der Waals surface area (Å²) in [5.74, 6) is 0.561. The smallest absolute Gasteiger partial charge is 0.408 e. The van der Waals surface area contributed by atoms with E-state index >= 15 is 0 Å². The van der Waals surface area contributed by atoms with Crippen molar-refractivity contribution in [2.24, 2.45) is 0 Å². The predicted octanol–water partition coefficient (Wildman–Crippen LogP) is 2.77. The van der Waals surface area contributed by atoms with Crippen molar-refractivity contribution in [1.82, 2.24) is 25.1 Å². The molecule has 34 heavy (non-hydrogen) atoms. The number of nitrogens with one attached hydrogen (secondary N) is 1. The first-order valence-electron chi connectivity index (χ1n) is 11.7. The molecule has 2 heterocycles. The number of amides is 2. The number of likely N-dealkylation sites (N-methyl/N-ethyl adjacent to an activating group) is 2. The van der Waals surface area contributed by atoms with Crippen molar-refractivity contribution in [2.75, 3.05) is 51.2 Å². The Kier molecular flexibility index (Phi) is 8.44. The van der Waals surface area contributed by atoms with E-state index in [1.807, 2.05) is 36.7 Å². The Labute approximate surface area is 202 Å². The normalized spacial score (nSPS) is 14.6. The summed E-state index contributed by atoms with van der Waals surface area (Å²) in [6.07, 6.45) is 3.10. The highest BCUT2D eigenvalue weighted by Gasteiger charge is 2.19. The van der Waals surface area contributed by atoms with Crippen molar-refractivity contribution < 1.29 is 14.3 Å². The maximum atomic E-state index is 12.4. The van der Waals surface area contributed by atoms with Crippen LogP contribution in [0.4, 0.5) is 10.7 Å². The van der Waals surface area contributed by atoms with Gasteiger partial charge in [-0.1, -0.05) is 25.1 Å². The highest BCUT2D eigenvalue weighted by Crippen LogP contribution is 2.21. The number of ether oxygens (including phenoxy) is 1. The molecule has 184 valence electrons. The summed E-state index contributed by atoms with van der Waals surface area (Å²) in [5, 5.41) is 2.51. The molecule has 0 bridgehead atoms. The van der Waals surface area contributed by atoms with Crippen molar-refractivity contribution in [1.29, 1.82) is 0 Å². The molecule has 1 aromatic carbocycles. The molecule has 0 atom stereocenters. The maximum Gasteiger partial charge on any atom is 0.408 e. The third-order valence-corrected chi connectivity index (χ3v) is 5.63. The number of alkyl carbamates (subject to hydrolysis) is 1. The average Bonchev–Trinajstić information content (AvgIpc) is 2.82. The van der Waals surface area contributed by atoms with Crippen molar-refractivity contribution in [3.63, 3.8) is 0 Å². The van der Waals surface area contributed by atoms with Crippen molar-refractivity contribution in [3.8, 4) is 11.1 Å². The van der Waals surface area contributed by atoms with Gasteiger partial charge in [0.05, 0.1) is 0 Å². The van der Waals surface area contributed by atoms with Crippen LogP contribution in [0.15, 0.2) is 36.7 Å². The van der Waals surface area contributed by atoms with Gasteiger partial charge in [0.1, 0.15) is 12.1 Å². The number of rotatable bonds is 7. The second kappa shape index (κ2) is 11.3. The van der Waals surface area contributed by atoms with E-state index < -0.39 is 11.7 Å². The van der Waals surface area contributed by atoms with Crippen molar-refractivity contribution in [3.05, 3.63) is 42.2 Å². The summed E-state index contributed by atoms with van der Waals surface area (Å²) in [4.78, 5) is 39.6. The number of carbonyl (C=O) groups excluding carboxylic acids is 2. The van der Waals surface area contributed by atoms with Gasteiger partial charge in [0.2, 0.25) is 11.9 Å². The Morgan fingerprint density at radius 2 is 1.76 bits per heavy atom. The number of hydrogen-bond acceptors (Lipinski definition) is 7. The lowest BCUT2D eigenvalue weighted by molar-refractivity contribution is -0.129. The molecule has 0 saturated carbocycles. The minimum Gasteiger partial charge on any atom is -0.444 e. The lowest BCUT2D eigenvalue weighted by atomic mass is 10.1. The van der Waals surface area contributed by atoms with Gasteiger partial charge < -0.3 is 24.8 Å². The van der Waals surface area contributed by atoms with E-state index in [-0.39, 0.29) is 12.5 Å². The predicted molar refractivity (Wildman–Crippen MR) is 133 cm³/mol. The summed E-state index contributed by atoms with van der Waals surface area (Å²) >= 11 is 0. The lowest BCUT2D eigenvalue weighted by Crippen LogP contribution is -2.46. The van der Waals surface area contributed by atoms with E-state index in [9.17, 15) is 9.59 Å². The minimum atomic E-state index is -0.606. The molecule has 1 aromatic heterocycles. The molecule has 1 fully saturated rings. The molecule has 0 aliphatic carbocycles. The average molecular weight is 469 g/mol. The largest absolute Gasteiger partial charge is 0.444 e. The quantitative estimate of drug-likeness (QED) is 0.668. The van der Waals surface area contributed by atoms with E-state index in [1.54, 1.807) is 32.7 Å². The van der Waals surface area contributed by atoms with Crippen LogP contribution in [-0.4, -0.2) is 83.7 Å². The number of piperazine rings is 1. The third-order valence-electron chi connectivity index (χ3n) is 5.63. The molecule has 1 N–H and O–H groups in total. The van der Waals surface area contributed by atoms with Gasteiger partial charge in [0, 0.05) is 57.7 Å². The number of aromatic nitrogens is 2. The van der Waals surface area contributed by atoms with Gasteiger partial charge in [-0.15, -0.1) is 0 Å². The SMILES string of the molecule is CCN1CCN(c2ncc(-c3cccc(CN(C)C(=O)CNC(=O)OC(C)(C)C)c3)cn2)CC1. The van der Waals surface area contributed by atoms with Crippen LogP contribution in [0.2, 0.25) is 0 Å². The fraction of sp³-hybridized carbons (Fsp3) is 0.520. The van der Waals surface area contributed by atoms with Crippen LogP contribution in [0.3, 0.4) is 0 Å². The highest BCUT2D eigenvalue weighted by atomic mass is 16.6. The fourth-order valence-corrected chi connectivity index (χ4v) is 3.71. The van der Waals surface area contributed by atoms with E-state index in [4.69, 9.17) is 4.74 Å². The third kappa shape index (κ3) is 7.41. The Morgan fingerprint density at radius 3 is 2.38 bits per heavy atom. The van der Waals surface area contributed by atoms with E-state index in [1.165, 1.54) is 0 Å². The van der Waals surface area contributed by atoms with E-state index in [0.717, 1.165) is 55.4 Å². The zero-order valence-electron chi connectivity index (χ0n) is 20.9. The Bertz CT molecular complexity index is 965. The summed E-state index contributed by atoms with van der Waals surface area (Å²) in [7, 11) is 1.71. The van der Waals surface area contributed by atoms with Crippen LogP contribution < -0.4 is 10.2 Å². The van der Waals surface area contributed by atoms with Gasteiger partial charge in [-0.05, 0) is 44.5 Å². The first-order chi connectivity index (χ1) is 16.1. The molecule has 0 radical (unpaired) electrons. The molecule has 0 spiro atoms. The molecule has 1 aliphatic rings. The molecule has 0 unspecified atom stereocenters. The second-order valence-electron chi connectivity index (χ2n) is 9.50. The molecular weight excluding hydrogens is 432 g/mol. The number of anilines is 1. The van der Waals surface area contributed by atoms with Gasteiger partial charge in [-0.3, -0.25) is 4.79 Å². The zero-order chi connectivity index (χ0) is 24.7. The molecule has 1 saturated heterocycles. The zero-order valence-corrected chi connectivity index (χ0v) is 20.9. The standard InChI is InChI=1S/C25H36N6O3/c1-6-30-10-12-31(13-11-30)23-26-15-21(16-27-23)20-9-7-8-19(14-20)18-29(5)22(32)17-28-24(33)34-25(2,3)4/h7-9,14-16H,6,10-13,17-18H2,1-5H3,(H,28,33). The monoisotopic (exact) mass is 468 g/mol. The van der Waals surface area contributed by atoms with Gasteiger partial charge in [-0.25, -0.2) is 14.8 Å². The number of nitrogens with zero attached hydrogens (tertiary/aromatic N) is 5. The van der Waals surface area contributed by atoms with Crippen LogP contribution >= 0.6 is 0 Å². The minimum absolute atomic E-state index is 0.118. The molecule has 2 amide bonds. The summed E-state index contributed by atoms with van der Waals surface area (Å²) in [6.45, 7) is 12.8. The Hall–Kier alpha value is -3.20. The molecule has 2 aromatic rings. The molecular formula is C25H36N6O3. The van der Waals surface area contributed by atoms with Gasteiger partial charge in [-0.2, -0.15) is 0 Å². The molecule has 3 rings (SSSR count). The molecule has 1 aliphatic heterocycles. The number of carbonyl (C=O) groups is 2. The summed E-state index contributed by atoms with van der Waals surface area (Å²) in [6, 6.07) is 7.97. The first-order valence-corrected chi connectivity index (χ1v) is 11.7. The summed E-state index contributed by atoms with van der Waals surface area (Å²) < 4.78 is 5.17. The number of hydrogen-bond donors (Lipinski definition) is 1. The van der Waals surface area contributed by atoms with Gasteiger partial charge >= 0.3 is 6.09 Å². The number of benzene rings is 1. The van der Waals surface area contributed by atoms with E-state index in [0.29, 0.717) is 6.54 Å². The molecule has 9 nitrogen and oxygen atoms in total.